The van der Waals surface area contributed by atoms with E-state index in [1.54, 1.807) is 10.9 Å². The molecule has 2 unspecified atom stereocenters. The molecule has 0 spiro atoms. The molecule has 1 saturated carbocycles. The minimum absolute atomic E-state index is 0.00432. The molecule has 0 saturated heterocycles. The van der Waals surface area contributed by atoms with Gasteiger partial charge in [0.25, 0.3) is 5.56 Å². The zero-order valence-electron chi connectivity index (χ0n) is 11.0. The summed E-state index contributed by atoms with van der Waals surface area (Å²) in [5.41, 5.74) is 6.07. The molecule has 4 heteroatoms. The minimum atomic E-state index is 0.00432. The molecule has 1 aromatic carbocycles. The van der Waals surface area contributed by atoms with Gasteiger partial charge in [-0.25, -0.2) is 4.68 Å². The third-order valence-corrected chi connectivity index (χ3v) is 4.19. The Morgan fingerprint density at radius 3 is 2.95 bits per heavy atom. The third-order valence-electron chi connectivity index (χ3n) is 4.19. The molecule has 100 valence electrons. The molecule has 2 aromatic rings. The standard InChI is InChI=1S/C15H19N3O/c16-14-7-3-5-11(14)8-9-18-15(19)13-6-2-1-4-12(13)10-17-18/h1-2,4,6,10-11,14H,3,5,7-9,16H2. The van der Waals surface area contributed by atoms with Crippen LogP contribution in [-0.4, -0.2) is 15.8 Å². The average Bonchev–Trinajstić information content (AvgIpc) is 2.84. The fraction of sp³-hybridized carbons (Fsp3) is 0.467. The molecule has 3 rings (SSSR count). The lowest BCUT2D eigenvalue weighted by Crippen LogP contribution is -2.28. The number of nitrogens with zero attached hydrogens (tertiary/aromatic N) is 2. The Morgan fingerprint density at radius 2 is 2.16 bits per heavy atom. The summed E-state index contributed by atoms with van der Waals surface area (Å²) in [6.45, 7) is 0.669. The van der Waals surface area contributed by atoms with Gasteiger partial charge < -0.3 is 5.73 Å². The van der Waals surface area contributed by atoms with E-state index in [-0.39, 0.29) is 5.56 Å². The van der Waals surface area contributed by atoms with Crippen LogP contribution in [0.15, 0.2) is 35.3 Å². The molecule has 2 N–H and O–H groups in total. The molecule has 0 amide bonds. The van der Waals surface area contributed by atoms with Crippen LogP contribution in [0.25, 0.3) is 10.8 Å². The van der Waals surface area contributed by atoms with E-state index in [4.69, 9.17) is 5.73 Å². The van der Waals surface area contributed by atoms with E-state index in [1.807, 2.05) is 24.3 Å². The predicted octanol–water partition coefficient (Wildman–Crippen LogP) is 1.91. The van der Waals surface area contributed by atoms with E-state index in [2.05, 4.69) is 5.10 Å². The molecule has 4 nitrogen and oxygen atoms in total. The molecule has 1 aliphatic rings. The van der Waals surface area contributed by atoms with Crippen LogP contribution in [0.2, 0.25) is 0 Å². The molecular formula is C15H19N3O. The second-order valence-electron chi connectivity index (χ2n) is 5.40. The first-order chi connectivity index (χ1) is 9.25. The monoisotopic (exact) mass is 257 g/mol. The van der Waals surface area contributed by atoms with Crippen LogP contribution in [0.4, 0.5) is 0 Å². The summed E-state index contributed by atoms with van der Waals surface area (Å²) in [7, 11) is 0. The average molecular weight is 257 g/mol. The van der Waals surface area contributed by atoms with Gasteiger partial charge in [-0.2, -0.15) is 5.10 Å². The second kappa shape index (κ2) is 5.13. The van der Waals surface area contributed by atoms with Gasteiger partial charge in [-0.3, -0.25) is 4.79 Å². The van der Waals surface area contributed by atoms with Crippen molar-refractivity contribution in [2.24, 2.45) is 11.7 Å². The predicted molar refractivity (Wildman–Crippen MR) is 75.9 cm³/mol. The molecular weight excluding hydrogens is 238 g/mol. The summed E-state index contributed by atoms with van der Waals surface area (Å²) >= 11 is 0. The van der Waals surface area contributed by atoms with Gasteiger partial charge in [-0.1, -0.05) is 24.6 Å². The number of hydrogen-bond donors (Lipinski definition) is 1. The Bertz CT molecular complexity index is 635. The van der Waals surface area contributed by atoms with Crippen molar-refractivity contribution in [3.05, 3.63) is 40.8 Å². The number of aromatic nitrogens is 2. The van der Waals surface area contributed by atoms with E-state index < -0.39 is 0 Å². The van der Waals surface area contributed by atoms with E-state index in [1.165, 1.54) is 12.8 Å². The van der Waals surface area contributed by atoms with Gasteiger partial charge in [0.05, 0.1) is 11.6 Å². The van der Waals surface area contributed by atoms with E-state index >= 15 is 0 Å². The van der Waals surface area contributed by atoms with Crippen molar-refractivity contribution < 1.29 is 0 Å². The molecule has 1 aliphatic carbocycles. The smallest absolute Gasteiger partial charge is 0.274 e. The molecule has 1 aromatic heterocycles. The van der Waals surface area contributed by atoms with E-state index in [9.17, 15) is 4.79 Å². The highest BCUT2D eigenvalue weighted by Gasteiger charge is 2.23. The fourth-order valence-electron chi connectivity index (χ4n) is 3.00. The van der Waals surface area contributed by atoms with Crippen molar-refractivity contribution in [3.8, 4) is 0 Å². The number of aryl methyl sites for hydroxylation is 1. The van der Waals surface area contributed by atoms with Crippen LogP contribution in [0.1, 0.15) is 25.7 Å². The van der Waals surface area contributed by atoms with E-state index in [0.29, 0.717) is 18.5 Å². The second-order valence-corrected chi connectivity index (χ2v) is 5.40. The van der Waals surface area contributed by atoms with Gasteiger partial charge in [-0.15, -0.1) is 0 Å². The number of fused-ring (bicyclic) bond motifs is 1. The Kier molecular flexibility index (Phi) is 3.34. The SMILES string of the molecule is NC1CCCC1CCn1ncc2ccccc2c1=O. The summed E-state index contributed by atoms with van der Waals surface area (Å²) in [6, 6.07) is 7.89. The van der Waals surface area contributed by atoms with Gasteiger partial charge in [-0.05, 0) is 31.2 Å². The van der Waals surface area contributed by atoms with Crippen molar-refractivity contribution >= 4 is 10.8 Å². The largest absolute Gasteiger partial charge is 0.327 e. The van der Waals surface area contributed by atoms with Crippen LogP contribution in [0, 0.1) is 5.92 Å². The Morgan fingerprint density at radius 1 is 1.32 bits per heavy atom. The maximum atomic E-state index is 12.3. The molecule has 2 atom stereocenters. The molecule has 19 heavy (non-hydrogen) atoms. The highest BCUT2D eigenvalue weighted by molar-refractivity contribution is 5.80. The van der Waals surface area contributed by atoms with Gasteiger partial charge in [0.2, 0.25) is 0 Å². The molecule has 0 radical (unpaired) electrons. The summed E-state index contributed by atoms with van der Waals surface area (Å²) < 4.78 is 1.58. The number of benzene rings is 1. The van der Waals surface area contributed by atoms with Gasteiger partial charge in [0.1, 0.15) is 0 Å². The topological polar surface area (TPSA) is 60.9 Å². The van der Waals surface area contributed by atoms with Crippen LogP contribution >= 0.6 is 0 Å². The summed E-state index contributed by atoms with van der Waals surface area (Å²) in [5, 5.41) is 5.90. The first kappa shape index (κ1) is 12.4. The molecule has 0 bridgehead atoms. The third kappa shape index (κ3) is 2.40. The minimum Gasteiger partial charge on any atom is -0.327 e. The summed E-state index contributed by atoms with van der Waals surface area (Å²) in [6.07, 6.45) is 6.23. The van der Waals surface area contributed by atoms with Crippen LogP contribution in [0.5, 0.6) is 0 Å². The van der Waals surface area contributed by atoms with Crippen molar-refractivity contribution in [1.29, 1.82) is 0 Å². The van der Waals surface area contributed by atoms with Crippen LogP contribution < -0.4 is 11.3 Å². The van der Waals surface area contributed by atoms with Crippen molar-refractivity contribution in [1.82, 2.24) is 9.78 Å². The van der Waals surface area contributed by atoms with Crippen LogP contribution in [0.3, 0.4) is 0 Å². The van der Waals surface area contributed by atoms with Gasteiger partial charge >= 0.3 is 0 Å². The highest BCUT2D eigenvalue weighted by Crippen LogP contribution is 2.26. The summed E-state index contributed by atoms with van der Waals surface area (Å²) in [5.74, 6) is 0.542. The van der Waals surface area contributed by atoms with Crippen molar-refractivity contribution in [2.45, 2.75) is 38.3 Å². The number of nitrogens with two attached hydrogens (primary N) is 1. The quantitative estimate of drug-likeness (QED) is 0.913. The lowest BCUT2D eigenvalue weighted by atomic mass is 10.0. The van der Waals surface area contributed by atoms with Crippen molar-refractivity contribution in [3.63, 3.8) is 0 Å². The Balaban J connectivity index is 1.81. The Hall–Kier alpha value is -1.68. The van der Waals surface area contributed by atoms with Crippen LogP contribution in [-0.2, 0) is 6.54 Å². The first-order valence-corrected chi connectivity index (χ1v) is 6.96. The number of rotatable bonds is 3. The lowest BCUT2D eigenvalue weighted by molar-refractivity contribution is 0.397. The van der Waals surface area contributed by atoms with Gasteiger partial charge in [0.15, 0.2) is 0 Å². The lowest BCUT2D eigenvalue weighted by Gasteiger charge is -2.15. The molecule has 1 fully saturated rings. The number of hydrogen-bond acceptors (Lipinski definition) is 3. The molecule has 1 heterocycles. The maximum Gasteiger partial charge on any atom is 0.274 e. The van der Waals surface area contributed by atoms with Crippen molar-refractivity contribution in [2.75, 3.05) is 0 Å². The molecule has 0 aliphatic heterocycles. The highest BCUT2D eigenvalue weighted by atomic mass is 16.1. The maximum absolute atomic E-state index is 12.3. The van der Waals surface area contributed by atoms with Gasteiger partial charge in [0, 0.05) is 18.0 Å². The zero-order chi connectivity index (χ0) is 13.2. The fourth-order valence-corrected chi connectivity index (χ4v) is 3.00. The Labute approximate surface area is 112 Å². The summed E-state index contributed by atoms with van der Waals surface area (Å²) in [4.78, 5) is 12.3. The zero-order valence-corrected chi connectivity index (χ0v) is 11.0. The first-order valence-electron chi connectivity index (χ1n) is 6.96. The van der Waals surface area contributed by atoms with E-state index in [0.717, 1.165) is 23.6 Å². The normalized spacial score (nSPS) is 23.0.